The van der Waals surface area contributed by atoms with Crippen LogP contribution in [0.25, 0.3) is 0 Å². The molecular weight excluding hydrogens is 250 g/mol. The highest BCUT2D eigenvalue weighted by atomic mass is 32.2. The Morgan fingerprint density at radius 1 is 1.28 bits per heavy atom. The second-order valence-electron chi connectivity index (χ2n) is 5.04. The summed E-state index contributed by atoms with van der Waals surface area (Å²) in [7, 11) is -3.64. The molecule has 1 aromatic carbocycles. The van der Waals surface area contributed by atoms with Crippen molar-refractivity contribution < 1.29 is 13.2 Å². The van der Waals surface area contributed by atoms with Crippen molar-refractivity contribution >= 4 is 10.0 Å². The van der Waals surface area contributed by atoms with Crippen LogP contribution in [0.3, 0.4) is 0 Å². The molecule has 100 valence electrons. The highest BCUT2D eigenvalue weighted by molar-refractivity contribution is 7.89. The van der Waals surface area contributed by atoms with Gasteiger partial charge in [0, 0.05) is 0 Å². The third-order valence-corrected chi connectivity index (χ3v) is 4.34. The average Bonchev–Trinajstić information content (AvgIpc) is 2.17. The van der Waals surface area contributed by atoms with E-state index in [1.54, 1.807) is 12.1 Å². The Kier molecular flexibility index (Phi) is 3.64. The van der Waals surface area contributed by atoms with Gasteiger partial charge in [0.2, 0.25) is 10.0 Å². The van der Waals surface area contributed by atoms with E-state index in [1.165, 1.54) is 19.3 Å². The number of primary sulfonamides is 1. The number of nitrogens with two attached hydrogens (primary N) is 1. The molecule has 0 unspecified atom stereocenters. The maximum Gasteiger partial charge on any atom is 0.238 e. The molecule has 0 saturated heterocycles. The summed E-state index contributed by atoms with van der Waals surface area (Å²) in [6, 6.07) is 3.14. The highest BCUT2D eigenvalue weighted by Crippen LogP contribution is 2.30. The van der Waals surface area contributed by atoms with Crippen LogP contribution in [0.5, 0.6) is 5.75 Å². The van der Waals surface area contributed by atoms with Gasteiger partial charge >= 0.3 is 0 Å². The molecule has 1 saturated carbocycles. The molecule has 0 radical (unpaired) electrons. The molecule has 4 nitrogen and oxygen atoms in total. The summed E-state index contributed by atoms with van der Waals surface area (Å²) in [5, 5.41) is 5.13. The second-order valence-corrected chi connectivity index (χ2v) is 6.60. The predicted octanol–water partition coefficient (Wildman–Crippen LogP) is 2.13. The Morgan fingerprint density at radius 2 is 1.83 bits per heavy atom. The largest absolute Gasteiger partial charge is 0.493 e. The van der Waals surface area contributed by atoms with E-state index < -0.39 is 10.0 Å². The van der Waals surface area contributed by atoms with Gasteiger partial charge in [0.15, 0.2) is 0 Å². The molecule has 1 aromatic rings. The fraction of sp³-hybridized carbons (Fsp3) is 0.538. The molecule has 0 amide bonds. The van der Waals surface area contributed by atoms with Gasteiger partial charge in [-0.1, -0.05) is 6.42 Å². The van der Waals surface area contributed by atoms with Gasteiger partial charge < -0.3 is 4.74 Å². The van der Waals surface area contributed by atoms with E-state index in [1.807, 2.05) is 13.8 Å². The summed E-state index contributed by atoms with van der Waals surface area (Å²) in [6.45, 7) is 4.41. The van der Waals surface area contributed by atoms with Crippen LogP contribution in [0.15, 0.2) is 17.0 Å². The zero-order valence-electron chi connectivity index (χ0n) is 10.8. The zero-order valence-corrected chi connectivity index (χ0v) is 11.6. The van der Waals surface area contributed by atoms with E-state index in [-0.39, 0.29) is 4.90 Å². The van der Waals surface area contributed by atoms with Crippen LogP contribution in [-0.4, -0.2) is 15.0 Å². The van der Waals surface area contributed by atoms with Crippen molar-refractivity contribution in [2.75, 3.05) is 6.61 Å². The van der Waals surface area contributed by atoms with Crippen molar-refractivity contribution in [1.82, 2.24) is 0 Å². The van der Waals surface area contributed by atoms with E-state index in [9.17, 15) is 8.42 Å². The van der Waals surface area contributed by atoms with E-state index >= 15 is 0 Å². The number of hydrogen-bond donors (Lipinski definition) is 1. The molecule has 5 heteroatoms. The Bertz CT molecular complexity index is 524. The van der Waals surface area contributed by atoms with Crippen LogP contribution in [0.4, 0.5) is 0 Å². The molecule has 0 atom stereocenters. The monoisotopic (exact) mass is 269 g/mol. The minimum Gasteiger partial charge on any atom is -0.493 e. The first-order valence-corrected chi connectivity index (χ1v) is 7.69. The maximum absolute atomic E-state index is 11.3. The van der Waals surface area contributed by atoms with Gasteiger partial charge in [-0.2, -0.15) is 0 Å². The van der Waals surface area contributed by atoms with E-state index in [0.717, 1.165) is 23.5 Å². The molecule has 0 aromatic heterocycles. The normalized spacial score (nSPS) is 16.4. The lowest BCUT2D eigenvalue weighted by molar-refractivity contribution is 0.179. The van der Waals surface area contributed by atoms with Crippen LogP contribution >= 0.6 is 0 Å². The summed E-state index contributed by atoms with van der Waals surface area (Å²) in [5.41, 5.74) is 1.64. The molecule has 2 rings (SSSR count). The van der Waals surface area contributed by atoms with Gasteiger partial charge in [-0.05, 0) is 55.9 Å². The average molecular weight is 269 g/mol. The molecule has 1 aliphatic carbocycles. The van der Waals surface area contributed by atoms with E-state index in [2.05, 4.69) is 0 Å². The number of ether oxygens (including phenoxy) is 1. The number of hydrogen-bond acceptors (Lipinski definition) is 3. The van der Waals surface area contributed by atoms with E-state index in [4.69, 9.17) is 9.88 Å². The van der Waals surface area contributed by atoms with Crippen molar-refractivity contribution in [3.05, 3.63) is 23.3 Å². The van der Waals surface area contributed by atoms with Crippen molar-refractivity contribution in [2.24, 2.45) is 11.1 Å². The number of benzene rings is 1. The Labute approximate surface area is 108 Å². The fourth-order valence-electron chi connectivity index (χ4n) is 2.16. The molecule has 1 aliphatic rings. The number of rotatable bonds is 4. The molecular formula is C13H19NO3S. The predicted molar refractivity (Wildman–Crippen MR) is 70.1 cm³/mol. The number of aryl methyl sites for hydroxylation is 2. The van der Waals surface area contributed by atoms with Crippen LogP contribution < -0.4 is 9.88 Å². The third kappa shape index (κ3) is 2.84. The summed E-state index contributed by atoms with van der Waals surface area (Å²) < 4.78 is 28.4. The lowest BCUT2D eigenvalue weighted by atomic mass is 9.86. The first-order valence-electron chi connectivity index (χ1n) is 6.15. The van der Waals surface area contributed by atoms with Crippen LogP contribution in [0.1, 0.15) is 30.4 Å². The molecule has 0 aliphatic heterocycles. The Balaban J connectivity index is 2.20. The quantitative estimate of drug-likeness (QED) is 0.910. The minimum absolute atomic E-state index is 0.147. The summed E-state index contributed by atoms with van der Waals surface area (Å²) in [6.07, 6.45) is 3.75. The lowest BCUT2D eigenvalue weighted by Crippen LogP contribution is -2.20. The maximum atomic E-state index is 11.3. The molecule has 2 N–H and O–H groups in total. The minimum atomic E-state index is -3.64. The molecule has 0 heterocycles. The van der Waals surface area contributed by atoms with Crippen LogP contribution in [0, 0.1) is 19.8 Å². The van der Waals surface area contributed by atoms with Crippen molar-refractivity contribution in [1.29, 1.82) is 0 Å². The van der Waals surface area contributed by atoms with Gasteiger partial charge in [-0.3, -0.25) is 0 Å². The summed E-state index contributed by atoms with van der Waals surface area (Å²) in [4.78, 5) is 0.147. The van der Waals surface area contributed by atoms with Crippen molar-refractivity contribution in [3.8, 4) is 5.75 Å². The number of sulfonamides is 1. The van der Waals surface area contributed by atoms with Crippen LogP contribution in [0.2, 0.25) is 0 Å². The highest BCUT2D eigenvalue weighted by Gasteiger charge is 2.19. The van der Waals surface area contributed by atoms with Gasteiger partial charge in [-0.25, -0.2) is 13.6 Å². The summed E-state index contributed by atoms with van der Waals surface area (Å²) >= 11 is 0. The molecule has 0 bridgehead atoms. The molecule has 1 fully saturated rings. The van der Waals surface area contributed by atoms with Gasteiger partial charge in [0.25, 0.3) is 0 Å². The van der Waals surface area contributed by atoms with Gasteiger partial charge in [-0.15, -0.1) is 0 Å². The summed E-state index contributed by atoms with van der Waals surface area (Å²) in [5.74, 6) is 1.44. The Morgan fingerprint density at radius 3 is 2.22 bits per heavy atom. The molecule has 18 heavy (non-hydrogen) atoms. The SMILES string of the molecule is Cc1cc(S(N)(=O)=O)cc(C)c1OCC1CCC1. The third-order valence-electron chi connectivity index (χ3n) is 3.45. The van der Waals surface area contributed by atoms with Gasteiger partial charge in [0.1, 0.15) is 5.75 Å². The zero-order chi connectivity index (χ0) is 13.3. The molecule has 0 spiro atoms. The standard InChI is InChI=1S/C13H19NO3S/c1-9-6-12(18(14,15)16)7-10(2)13(9)17-8-11-4-3-5-11/h6-7,11H,3-5,8H2,1-2H3,(H2,14,15,16). The first-order chi connectivity index (χ1) is 8.38. The van der Waals surface area contributed by atoms with Crippen molar-refractivity contribution in [3.63, 3.8) is 0 Å². The van der Waals surface area contributed by atoms with E-state index in [0.29, 0.717) is 5.92 Å². The topological polar surface area (TPSA) is 69.4 Å². The smallest absolute Gasteiger partial charge is 0.238 e. The second kappa shape index (κ2) is 4.90. The first kappa shape index (κ1) is 13.4. The van der Waals surface area contributed by atoms with Gasteiger partial charge in [0.05, 0.1) is 11.5 Å². The van der Waals surface area contributed by atoms with Crippen molar-refractivity contribution in [2.45, 2.75) is 38.0 Å². The van der Waals surface area contributed by atoms with Crippen LogP contribution in [-0.2, 0) is 10.0 Å². The lowest BCUT2D eigenvalue weighted by Gasteiger charge is -2.26. The fourth-order valence-corrected chi connectivity index (χ4v) is 2.85. The Hall–Kier alpha value is -1.07.